The molecule has 0 unspecified atom stereocenters. The minimum Gasteiger partial charge on any atom is -0.381 e. The van der Waals surface area contributed by atoms with E-state index in [2.05, 4.69) is 14.7 Å². The lowest BCUT2D eigenvalue weighted by Gasteiger charge is -2.63. The van der Waals surface area contributed by atoms with Gasteiger partial charge in [0.15, 0.2) is 0 Å². The van der Waals surface area contributed by atoms with Gasteiger partial charge in [-0.05, 0) is 30.9 Å². The van der Waals surface area contributed by atoms with E-state index in [0.29, 0.717) is 6.04 Å². The van der Waals surface area contributed by atoms with Gasteiger partial charge < -0.3 is 14.4 Å². The molecule has 1 aromatic rings. The van der Waals surface area contributed by atoms with Crippen LogP contribution in [-0.4, -0.2) is 97.9 Å². The molecule has 4 heterocycles. The summed E-state index contributed by atoms with van der Waals surface area (Å²) in [5, 5.41) is 0. The third-order valence-electron chi connectivity index (χ3n) is 6.95. The average Bonchev–Trinajstić information content (AvgIpc) is 2.73. The van der Waals surface area contributed by atoms with Crippen LogP contribution in [0.2, 0.25) is 0 Å². The lowest BCUT2D eigenvalue weighted by molar-refractivity contribution is -0.161. The maximum atomic E-state index is 13.1. The number of nitrogens with zero attached hydrogens (tertiary/aromatic N) is 3. The highest BCUT2D eigenvalue weighted by molar-refractivity contribution is 5.94. The van der Waals surface area contributed by atoms with Crippen molar-refractivity contribution >= 4 is 5.91 Å². The van der Waals surface area contributed by atoms with E-state index in [-0.39, 0.29) is 11.4 Å². The summed E-state index contributed by atoms with van der Waals surface area (Å²) in [6.45, 7) is 9.28. The van der Waals surface area contributed by atoms with Crippen molar-refractivity contribution in [2.24, 2.45) is 5.92 Å². The number of amides is 1. The number of carbonyl (C=O) groups is 1. The summed E-state index contributed by atoms with van der Waals surface area (Å²) in [7, 11) is 0. The Hall–Kier alpha value is -1.47. The van der Waals surface area contributed by atoms with Crippen molar-refractivity contribution < 1.29 is 14.3 Å². The summed E-state index contributed by atoms with van der Waals surface area (Å²) < 4.78 is 11.3. The topological polar surface area (TPSA) is 45.2 Å². The zero-order valence-electron chi connectivity index (χ0n) is 16.6. The van der Waals surface area contributed by atoms with E-state index in [0.717, 1.165) is 70.6 Å². The van der Waals surface area contributed by atoms with Gasteiger partial charge in [0, 0.05) is 58.0 Å². The second kappa shape index (κ2) is 7.75. The Balaban J connectivity index is 1.29. The lowest BCUT2D eigenvalue weighted by Crippen LogP contribution is -2.81. The molecule has 4 fully saturated rings. The summed E-state index contributed by atoms with van der Waals surface area (Å²) >= 11 is 0. The van der Waals surface area contributed by atoms with Crippen molar-refractivity contribution in [3.63, 3.8) is 0 Å². The number of morpholine rings is 1. The van der Waals surface area contributed by atoms with Gasteiger partial charge in [-0.1, -0.05) is 18.2 Å². The molecular weight excluding hydrogens is 354 g/mol. The maximum Gasteiger partial charge on any atom is 0.253 e. The van der Waals surface area contributed by atoms with Gasteiger partial charge in [-0.25, -0.2) is 0 Å². The zero-order chi connectivity index (χ0) is 19.0. The fourth-order valence-electron chi connectivity index (χ4n) is 5.60. The number of benzene rings is 1. The van der Waals surface area contributed by atoms with Crippen LogP contribution in [-0.2, 0) is 9.47 Å². The molecule has 0 radical (unpaired) electrons. The molecule has 0 aromatic heterocycles. The summed E-state index contributed by atoms with van der Waals surface area (Å²) in [5.41, 5.74) is 0.892. The Morgan fingerprint density at radius 1 is 1.04 bits per heavy atom. The molecule has 0 aliphatic carbocycles. The molecule has 28 heavy (non-hydrogen) atoms. The fourth-order valence-corrected chi connectivity index (χ4v) is 5.60. The highest BCUT2D eigenvalue weighted by atomic mass is 16.5. The van der Waals surface area contributed by atoms with Crippen LogP contribution in [0.5, 0.6) is 0 Å². The molecule has 6 heteroatoms. The minimum atomic E-state index is 0.0995. The van der Waals surface area contributed by atoms with Gasteiger partial charge in [-0.2, -0.15) is 0 Å². The van der Waals surface area contributed by atoms with Crippen molar-refractivity contribution in [3.8, 4) is 0 Å². The smallest absolute Gasteiger partial charge is 0.253 e. The molecular formula is C22H31N3O3. The number of rotatable bonds is 3. The van der Waals surface area contributed by atoms with Gasteiger partial charge in [0.1, 0.15) is 0 Å². The Morgan fingerprint density at radius 3 is 2.61 bits per heavy atom. The molecule has 0 N–H and O–H groups in total. The first-order valence-electron chi connectivity index (χ1n) is 10.7. The predicted octanol–water partition coefficient (Wildman–Crippen LogP) is 1.32. The molecule has 5 rings (SSSR count). The standard InChI is InChI=1S/C22H31N3O3/c26-21(19-4-2-1-3-5-19)24-13-20-14-28-11-8-25(20)22(17-24)15-23(16-22)12-18-6-9-27-10-7-18/h1-5,18,20H,6-17H2/t20-/m1/s1. The Kier molecular flexibility index (Phi) is 5.13. The Morgan fingerprint density at radius 2 is 1.82 bits per heavy atom. The molecule has 1 atom stereocenters. The van der Waals surface area contributed by atoms with E-state index < -0.39 is 0 Å². The molecule has 1 spiro atoms. The molecule has 152 valence electrons. The average molecular weight is 386 g/mol. The van der Waals surface area contributed by atoms with E-state index in [1.807, 2.05) is 30.3 Å². The van der Waals surface area contributed by atoms with Crippen LogP contribution < -0.4 is 0 Å². The van der Waals surface area contributed by atoms with Crippen molar-refractivity contribution in [1.29, 1.82) is 0 Å². The second-order valence-corrected chi connectivity index (χ2v) is 8.92. The van der Waals surface area contributed by atoms with Gasteiger partial charge in [0.2, 0.25) is 0 Å². The molecule has 4 saturated heterocycles. The van der Waals surface area contributed by atoms with E-state index in [9.17, 15) is 4.79 Å². The first-order valence-corrected chi connectivity index (χ1v) is 10.7. The molecule has 1 amide bonds. The van der Waals surface area contributed by atoms with Crippen LogP contribution in [0.4, 0.5) is 0 Å². The second-order valence-electron chi connectivity index (χ2n) is 8.92. The van der Waals surface area contributed by atoms with Gasteiger partial charge in [-0.3, -0.25) is 14.6 Å². The SMILES string of the molecule is O=C(c1ccccc1)N1C[C@@H]2COCCN2C2(CN(CC3CCOCC3)C2)C1. The van der Waals surface area contributed by atoms with Crippen molar-refractivity contribution in [1.82, 2.24) is 14.7 Å². The third kappa shape index (κ3) is 3.47. The molecule has 6 nitrogen and oxygen atoms in total. The molecule has 0 bridgehead atoms. The van der Waals surface area contributed by atoms with Crippen LogP contribution in [0.1, 0.15) is 23.2 Å². The number of hydrogen-bond donors (Lipinski definition) is 0. The molecule has 0 saturated carbocycles. The molecule has 1 aromatic carbocycles. The number of hydrogen-bond acceptors (Lipinski definition) is 5. The monoisotopic (exact) mass is 385 g/mol. The molecule has 4 aliphatic rings. The number of ether oxygens (including phenoxy) is 2. The summed E-state index contributed by atoms with van der Waals surface area (Å²) in [5.74, 6) is 0.922. The van der Waals surface area contributed by atoms with Crippen molar-refractivity contribution in [3.05, 3.63) is 35.9 Å². The van der Waals surface area contributed by atoms with Gasteiger partial charge >= 0.3 is 0 Å². The normalized spacial score (nSPS) is 28.7. The Bertz CT molecular complexity index is 686. The van der Waals surface area contributed by atoms with Gasteiger partial charge in [0.25, 0.3) is 5.91 Å². The van der Waals surface area contributed by atoms with Crippen LogP contribution in [0.25, 0.3) is 0 Å². The fraction of sp³-hybridized carbons (Fsp3) is 0.682. The first kappa shape index (κ1) is 18.6. The van der Waals surface area contributed by atoms with Crippen LogP contribution in [0.3, 0.4) is 0 Å². The Labute approximate surface area is 167 Å². The summed E-state index contributed by atoms with van der Waals surface area (Å²) in [6, 6.07) is 10.0. The largest absolute Gasteiger partial charge is 0.381 e. The van der Waals surface area contributed by atoms with Crippen molar-refractivity contribution in [2.45, 2.75) is 24.4 Å². The van der Waals surface area contributed by atoms with Gasteiger partial charge in [0.05, 0.1) is 24.8 Å². The van der Waals surface area contributed by atoms with Crippen molar-refractivity contribution in [2.75, 3.05) is 65.7 Å². The predicted molar refractivity (Wildman–Crippen MR) is 106 cm³/mol. The minimum absolute atomic E-state index is 0.0995. The van der Waals surface area contributed by atoms with E-state index in [1.165, 1.54) is 19.4 Å². The summed E-state index contributed by atoms with van der Waals surface area (Å²) in [4.78, 5) is 20.5. The highest BCUT2D eigenvalue weighted by Crippen LogP contribution is 2.37. The van der Waals surface area contributed by atoms with E-state index in [1.54, 1.807) is 0 Å². The number of fused-ring (bicyclic) bond motifs is 2. The quantitative estimate of drug-likeness (QED) is 0.785. The highest BCUT2D eigenvalue weighted by Gasteiger charge is 2.54. The lowest BCUT2D eigenvalue weighted by atomic mass is 9.81. The van der Waals surface area contributed by atoms with Gasteiger partial charge in [-0.15, -0.1) is 0 Å². The number of carbonyl (C=O) groups excluding carboxylic acids is 1. The zero-order valence-corrected chi connectivity index (χ0v) is 16.6. The maximum absolute atomic E-state index is 13.1. The van der Waals surface area contributed by atoms with Crippen LogP contribution in [0.15, 0.2) is 30.3 Å². The third-order valence-corrected chi connectivity index (χ3v) is 6.95. The van der Waals surface area contributed by atoms with E-state index >= 15 is 0 Å². The van der Waals surface area contributed by atoms with Crippen LogP contribution >= 0.6 is 0 Å². The van der Waals surface area contributed by atoms with Crippen LogP contribution in [0, 0.1) is 5.92 Å². The van der Waals surface area contributed by atoms with E-state index in [4.69, 9.17) is 9.47 Å². The summed E-state index contributed by atoms with van der Waals surface area (Å²) in [6.07, 6.45) is 2.37. The molecule has 4 aliphatic heterocycles. The first-order chi connectivity index (χ1) is 13.7. The number of piperazine rings is 1. The number of likely N-dealkylation sites (tertiary alicyclic amines) is 1.